The van der Waals surface area contributed by atoms with E-state index in [9.17, 15) is 8.42 Å². The molecule has 0 spiro atoms. The average molecular weight is 572 g/mol. The van der Waals surface area contributed by atoms with Gasteiger partial charge in [-0.25, -0.2) is 13.1 Å². The number of likely N-dealkylation sites (tertiary alicyclic amines) is 1. The standard InChI is InChI=1S/C20H37N5O2S2.HI/c1-6-21-19(23-15-20(3,4)24-29(5,26)27)22-14-17(18-8-7-13-28-18)25-11-9-16(2)10-12-25;/h7-8,13,16-17,24H,6,9-12,14-15H2,1-5H3,(H2,21,22,23);1H. The quantitative estimate of drug-likeness (QED) is 0.241. The molecule has 0 radical (unpaired) electrons. The summed E-state index contributed by atoms with van der Waals surface area (Å²) in [5.41, 5.74) is -0.647. The van der Waals surface area contributed by atoms with E-state index in [-0.39, 0.29) is 24.0 Å². The van der Waals surface area contributed by atoms with E-state index in [1.54, 1.807) is 11.3 Å². The van der Waals surface area contributed by atoms with Crippen molar-refractivity contribution in [2.45, 2.75) is 52.1 Å². The molecule has 1 unspecified atom stereocenters. The van der Waals surface area contributed by atoms with Gasteiger partial charge in [0.15, 0.2) is 5.96 Å². The lowest BCUT2D eigenvalue weighted by Gasteiger charge is -2.36. The summed E-state index contributed by atoms with van der Waals surface area (Å²) in [6.07, 6.45) is 3.65. The molecule has 1 fully saturated rings. The molecule has 1 saturated heterocycles. The molecule has 10 heteroatoms. The molecular weight excluding hydrogens is 533 g/mol. The molecule has 174 valence electrons. The van der Waals surface area contributed by atoms with E-state index in [2.05, 4.69) is 49.7 Å². The molecule has 0 aliphatic carbocycles. The van der Waals surface area contributed by atoms with Crippen molar-refractivity contribution in [3.8, 4) is 0 Å². The van der Waals surface area contributed by atoms with Crippen LogP contribution in [-0.2, 0) is 10.0 Å². The van der Waals surface area contributed by atoms with Gasteiger partial charge in [-0.2, -0.15) is 0 Å². The van der Waals surface area contributed by atoms with Crippen LogP contribution in [-0.4, -0.2) is 63.8 Å². The van der Waals surface area contributed by atoms with Crippen LogP contribution in [0.3, 0.4) is 0 Å². The second kappa shape index (κ2) is 12.6. The molecule has 2 rings (SSSR count). The number of hydrogen-bond donors (Lipinski definition) is 3. The van der Waals surface area contributed by atoms with Crippen LogP contribution in [0.2, 0.25) is 0 Å². The van der Waals surface area contributed by atoms with Gasteiger partial charge in [0.2, 0.25) is 10.0 Å². The molecule has 7 nitrogen and oxygen atoms in total. The number of thiophene rings is 1. The predicted molar refractivity (Wildman–Crippen MR) is 138 cm³/mol. The first-order valence-corrected chi connectivity index (χ1v) is 13.2. The largest absolute Gasteiger partial charge is 0.357 e. The van der Waals surface area contributed by atoms with Gasteiger partial charge in [-0.15, -0.1) is 35.3 Å². The number of nitrogens with zero attached hydrogens (tertiary/aromatic N) is 2. The number of rotatable bonds is 9. The van der Waals surface area contributed by atoms with Gasteiger partial charge >= 0.3 is 0 Å². The molecule has 0 bridgehead atoms. The molecule has 1 atom stereocenters. The Morgan fingerprint density at radius 2 is 2.00 bits per heavy atom. The monoisotopic (exact) mass is 571 g/mol. The third kappa shape index (κ3) is 9.80. The zero-order chi connectivity index (χ0) is 21.5. The number of hydrogen-bond acceptors (Lipinski definition) is 5. The summed E-state index contributed by atoms with van der Waals surface area (Å²) in [5.74, 6) is 1.51. The number of piperidine rings is 1. The van der Waals surface area contributed by atoms with Crippen molar-refractivity contribution in [1.29, 1.82) is 0 Å². The molecule has 1 aromatic rings. The Morgan fingerprint density at radius 1 is 1.33 bits per heavy atom. The fourth-order valence-electron chi connectivity index (χ4n) is 3.58. The Bertz CT molecular complexity index is 745. The van der Waals surface area contributed by atoms with Crippen LogP contribution in [0.15, 0.2) is 22.5 Å². The SMILES string of the molecule is CCNC(=NCC(C)(C)NS(C)(=O)=O)NCC(c1cccs1)N1CCC(C)CC1.I. The summed E-state index contributed by atoms with van der Waals surface area (Å²) >= 11 is 1.80. The Labute approximate surface area is 203 Å². The highest BCUT2D eigenvalue weighted by molar-refractivity contribution is 14.0. The van der Waals surface area contributed by atoms with Crippen molar-refractivity contribution in [3.63, 3.8) is 0 Å². The highest BCUT2D eigenvalue weighted by Crippen LogP contribution is 2.29. The van der Waals surface area contributed by atoms with Gasteiger partial charge in [0, 0.05) is 23.5 Å². The third-order valence-corrected chi connectivity index (χ3v) is 6.93. The third-order valence-electron chi connectivity index (χ3n) is 5.03. The first kappa shape index (κ1) is 27.6. The molecular formula is C20H38IN5O2S2. The fourth-order valence-corrected chi connectivity index (χ4v) is 5.51. The van der Waals surface area contributed by atoms with Gasteiger partial charge in [-0.3, -0.25) is 9.89 Å². The molecule has 1 aromatic heterocycles. The van der Waals surface area contributed by atoms with Crippen molar-refractivity contribution in [3.05, 3.63) is 22.4 Å². The first-order valence-electron chi connectivity index (χ1n) is 10.4. The molecule has 0 saturated carbocycles. The van der Waals surface area contributed by atoms with Crippen LogP contribution >= 0.6 is 35.3 Å². The summed E-state index contributed by atoms with van der Waals surface area (Å²) in [5, 5.41) is 8.89. The maximum atomic E-state index is 11.6. The van der Waals surface area contributed by atoms with Crippen molar-refractivity contribution in [2.24, 2.45) is 10.9 Å². The second-order valence-corrected chi connectivity index (χ2v) is 11.3. The number of nitrogens with one attached hydrogen (secondary N) is 3. The molecule has 30 heavy (non-hydrogen) atoms. The van der Waals surface area contributed by atoms with E-state index in [0.717, 1.165) is 32.1 Å². The van der Waals surface area contributed by atoms with Gasteiger partial charge in [-0.1, -0.05) is 13.0 Å². The minimum absolute atomic E-state index is 0. The molecule has 2 heterocycles. The van der Waals surface area contributed by atoms with E-state index in [0.29, 0.717) is 18.5 Å². The summed E-state index contributed by atoms with van der Waals surface area (Å²) in [6.45, 7) is 12.1. The van der Waals surface area contributed by atoms with E-state index in [4.69, 9.17) is 0 Å². The topological polar surface area (TPSA) is 85.8 Å². The highest BCUT2D eigenvalue weighted by Gasteiger charge is 2.26. The fraction of sp³-hybridized carbons (Fsp3) is 0.750. The lowest BCUT2D eigenvalue weighted by molar-refractivity contribution is 0.140. The zero-order valence-electron chi connectivity index (χ0n) is 18.8. The Kier molecular flexibility index (Phi) is 11.6. The van der Waals surface area contributed by atoms with Gasteiger partial charge < -0.3 is 10.6 Å². The number of aliphatic imine (C=N–C) groups is 1. The van der Waals surface area contributed by atoms with Crippen LogP contribution in [0.25, 0.3) is 0 Å². The smallest absolute Gasteiger partial charge is 0.209 e. The predicted octanol–water partition coefficient (Wildman–Crippen LogP) is 3.02. The minimum atomic E-state index is -3.28. The maximum absolute atomic E-state index is 11.6. The Balaban J connectivity index is 0.00000450. The van der Waals surface area contributed by atoms with Crippen LogP contribution in [0.5, 0.6) is 0 Å². The highest BCUT2D eigenvalue weighted by atomic mass is 127. The lowest BCUT2D eigenvalue weighted by Crippen LogP contribution is -2.48. The number of halogens is 1. The molecule has 1 aliphatic rings. The first-order chi connectivity index (χ1) is 13.6. The molecule has 1 aliphatic heterocycles. The minimum Gasteiger partial charge on any atom is -0.357 e. The Hall–Kier alpha value is -0.430. The zero-order valence-corrected chi connectivity index (χ0v) is 22.7. The summed E-state index contributed by atoms with van der Waals surface area (Å²) in [7, 11) is -3.28. The normalized spacial score (nSPS) is 18.0. The summed E-state index contributed by atoms with van der Waals surface area (Å²) in [4.78, 5) is 8.56. The van der Waals surface area contributed by atoms with E-state index in [1.165, 1.54) is 24.0 Å². The molecule has 0 aromatic carbocycles. The van der Waals surface area contributed by atoms with Gasteiger partial charge in [0.25, 0.3) is 0 Å². The van der Waals surface area contributed by atoms with Crippen molar-refractivity contribution < 1.29 is 8.42 Å². The maximum Gasteiger partial charge on any atom is 0.209 e. The van der Waals surface area contributed by atoms with Crippen molar-refractivity contribution >= 4 is 51.3 Å². The van der Waals surface area contributed by atoms with Crippen LogP contribution < -0.4 is 15.4 Å². The second-order valence-electron chi connectivity index (χ2n) is 8.58. The molecule has 0 amide bonds. The number of guanidine groups is 1. The summed E-state index contributed by atoms with van der Waals surface area (Å²) in [6, 6.07) is 4.63. The average Bonchev–Trinajstić information content (AvgIpc) is 3.13. The molecule has 3 N–H and O–H groups in total. The van der Waals surface area contributed by atoms with Crippen LogP contribution in [0.1, 0.15) is 51.5 Å². The van der Waals surface area contributed by atoms with Crippen LogP contribution in [0.4, 0.5) is 0 Å². The summed E-state index contributed by atoms with van der Waals surface area (Å²) < 4.78 is 25.8. The number of sulfonamides is 1. The lowest BCUT2D eigenvalue weighted by atomic mass is 9.97. The Morgan fingerprint density at radius 3 is 2.53 bits per heavy atom. The van der Waals surface area contributed by atoms with E-state index < -0.39 is 15.6 Å². The van der Waals surface area contributed by atoms with E-state index >= 15 is 0 Å². The van der Waals surface area contributed by atoms with Crippen LogP contribution in [0, 0.1) is 5.92 Å². The van der Waals surface area contributed by atoms with Gasteiger partial charge in [0.1, 0.15) is 0 Å². The van der Waals surface area contributed by atoms with Crippen molar-refractivity contribution in [2.75, 3.05) is 39.0 Å². The van der Waals surface area contributed by atoms with E-state index in [1.807, 2.05) is 20.8 Å². The van der Waals surface area contributed by atoms with Gasteiger partial charge in [-0.05, 0) is 64.1 Å². The van der Waals surface area contributed by atoms with Crippen molar-refractivity contribution in [1.82, 2.24) is 20.3 Å². The van der Waals surface area contributed by atoms with Gasteiger partial charge in [0.05, 0.1) is 18.8 Å².